The molecule has 4 rings (SSSR count). The summed E-state index contributed by atoms with van der Waals surface area (Å²) < 4.78 is 4.14. The monoisotopic (exact) mass is 555 g/mol. The predicted octanol–water partition coefficient (Wildman–Crippen LogP) is 2.77. The van der Waals surface area contributed by atoms with Gasteiger partial charge < -0.3 is 15.2 Å². The van der Waals surface area contributed by atoms with Gasteiger partial charge in [0.1, 0.15) is 5.82 Å². The largest absolute Gasteiger partial charge is 0.355 e. The first-order valence-corrected chi connectivity index (χ1v) is 11.8. The average Bonchev–Trinajstić information content (AvgIpc) is 3.57. The molecule has 1 saturated heterocycles. The summed E-state index contributed by atoms with van der Waals surface area (Å²) in [6.45, 7) is 8.54. The van der Waals surface area contributed by atoms with Crippen LogP contribution in [0, 0.1) is 6.92 Å². The van der Waals surface area contributed by atoms with E-state index in [0.29, 0.717) is 25.2 Å². The summed E-state index contributed by atoms with van der Waals surface area (Å²) in [5, 5.41) is 20.2. The van der Waals surface area contributed by atoms with Crippen molar-refractivity contribution < 1.29 is 0 Å². The number of aryl methyl sites for hydroxylation is 1. The van der Waals surface area contributed by atoms with E-state index in [4.69, 9.17) is 10.1 Å². The quantitative estimate of drug-likeness (QED) is 0.296. The second-order valence-electron chi connectivity index (χ2n) is 8.77. The molecule has 1 atom stereocenters. The Kier molecular flexibility index (Phi) is 9.33. The molecule has 0 bridgehead atoms. The molecule has 9 nitrogen and oxygen atoms in total. The first-order chi connectivity index (χ1) is 15.1. The summed E-state index contributed by atoms with van der Waals surface area (Å²) in [6, 6.07) is 3.23. The predicted molar refractivity (Wildman–Crippen MR) is 137 cm³/mol. The van der Waals surface area contributed by atoms with Crippen LogP contribution in [0.15, 0.2) is 17.3 Å². The van der Waals surface area contributed by atoms with E-state index in [0.717, 1.165) is 36.4 Å². The van der Waals surface area contributed by atoms with Gasteiger partial charge in [-0.05, 0) is 51.8 Å². The Morgan fingerprint density at radius 3 is 2.69 bits per heavy atom. The molecule has 1 unspecified atom stereocenters. The molecule has 0 aromatic carbocycles. The minimum atomic E-state index is 0. The fourth-order valence-corrected chi connectivity index (χ4v) is 4.69. The highest BCUT2D eigenvalue weighted by Crippen LogP contribution is 2.28. The number of hydrogen-bond donors (Lipinski definition) is 2. The van der Waals surface area contributed by atoms with Crippen LogP contribution in [0.3, 0.4) is 0 Å². The number of aromatic nitrogens is 5. The Bertz CT molecular complexity index is 869. The number of likely N-dealkylation sites (N-methyl/N-ethyl adjacent to an activating group) is 1. The molecule has 2 aromatic rings. The molecule has 10 heteroatoms. The molecule has 0 spiro atoms. The van der Waals surface area contributed by atoms with Crippen molar-refractivity contribution in [1.29, 1.82) is 0 Å². The molecule has 0 amide bonds. The van der Waals surface area contributed by atoms with Gasteiger partial charge in [0.05, 0.1) is 24.8 Å². The van der Waals surface area contributed by atoms with E-state index in [1.165, 1.54) is 45.1 Å². The van der Waals surface area contributed by atoms with Crippen molar-refractivity contribution in [3.63, 3.8) is 0 Å². The molecule has 1 aliphatic carbocycles. The van der Waals surface area contributed by atoms with Gasteiger partial charge in [-0.15, -0.1) is 34.2 Å². The van der Waals surface area contributed by atoms with E-state index >= 15 is 0 Å². The Morgan fingerprint density at radius 2 is 1.97 bits per heavy atom. The first-order valence-electron chi connectivity index (χ1n) is 11.8. The maximum absolute atomic E-state index is 4.84. The summed E-state index contributed by atoms with van der Waals surface area (Å²) in [5.74, 6) is 2.61. The van der Waals surface area contributed by atoms with E-state index in [-0.39, 0.29) is 24.0 Å². The molecule has 0 radical (unpaired) electrons. The van der Waals surface area contributed by atoms with Gasteiger partial charge in [0.15, 0.2) is 11.8 Å². The molecular formula is C22H38IN9. The van der Waals surface area contributed by atoms with E-state index in [1.54, 1.807) is 0 Å². The van der Waals surface area contributed by atoms with Gasteiger partial charge in [0.25, 0.3) is 0 Å². The summed E-state index contributed by atoms with van der Waals surface area (Å²) in [6.07, 6.45) is 9.73. The Balaban J connectivity index is 0.00000289. The molecule has 2 N–H and O–H groups in total. The lowest BCUT2D eigenvalue weighted by molar-refractivity contribution is 0.267. The average molecular weight is 556 g/mol. The van der Waals surface area contributed by atoms with Crippen LogP contribution in [0.25, 0.3) is 0 Å². The van der Waals surface area contributed by atoms with E-state index in [9.17, 15) is 0 Å². The number of guanidine groups is 1. The van der Waals surface area contributed by atoms with Gasteiger partial charge in [-0.1, -0.05) is 19.8 Å². The van der Waals surface area contributed by atoms with Crippen molar-refractivity contribution in [3.05, 3.63) is 29.6 Å². The summed E-state index contributed by atoms with van der Waals surface area (Å²) in [4.78, 5) is 7.38. The maximum atomic E-state index is 4.84. The van der Waals surface area contributed by atoms with Gasteiger partial charge in [0.2, 0.25) is 0 Å². The van der Waals surface area contributed by atoms with Gasteiger partial charge in [-0.25, -0.2) is 4.99 Å². The van der Waals surface area contributed by atoms with E-state index in [1.807, 2.05) is 18.5 Å². The van der Waals surface area contributed by atoms with Crippen molar-refractivity contribution in [1.82, 2.24) is 40.1 Å². The third kappa shape index (κ3) is 6.21. The number of aliphatic imine (C=N–C) groups is 1. The number of rotatable bonds is 8. The highest BCUT2D eigenvalue weighted by Gasteiger charge is 2.23. The SMILES string of the molecule is CCN1CCCC1CNC(=NCc1ccn(C2CCCC2)n1)NCc1nnc(C)n1C.I. The lowest BCUT2D eigenvalue weighted by Gasteiger charge is -2.24. The standard InChI is InChI=1S/C22H37N9.HI/c1-4-30-12-7-10-20(30)15-24-22(25-16-21-27-26-17(2)29(21)3)23-14-18-11-13-31(28-18)19-8-5-6-9-19;/h11,13,19-20H,4-10,12,14-16H2,1-3H3,(H2,23,24,25);1H. The number of nitrogens with zero attached hydrogens (tertiary/aromatic N) is 7. The topological polar surface area (TPSA) is 88.2 Å². The molecule has 178 valence electrons. The van der Waals surface area contributed by atoms with Crippen molar-refractivity contribution in [2.45, 2.75) is 77.5 Å². The second-order valence-corrected chi connectivity index (χ2v) is 8.77. The van der Waals surface area contributed by atoms with Crippen LogP contribution in [0.4, 0.5) is 0 Å². The number of halogens is 1. The Morgan fingerprint density at radius 1 is 1.16 bits per heavy atom. The first kappa shape index (κ1) is 24.9. The van der Waals surface area contributed by atoms with Gasteiger partial charge in [-0.2, -0.15) is 5.10 Å². The third-order valence-corrected chi connectivity index (χ3v) is 6.77. The lowest BCUT2D eigenvalue weighted by atomic mass is 10.2. The third-order valence-electron chi connectivity index (χ3n) is 6.77. The number of likely N-dealkylation sites (tertiary alicyclic amines) is 1. The van der Waals surface area contributed by atoms with Crippen LogP contribution in [0.5, 0.6) is 0 Å². The second kappa shape index (κ2) is 12.0. The fourth-order valence-electron chi connectivity index (χ4n) is 4.69. The summed E-state index contributed by atoms with van der Waals surface area (Å²) in [5.41, 5.74) is 1.01. The van der Waals surface area contributed by atoms with Gasteiger partial charge in [-0.3, -0.25) is 9.58 Å². The van der Waals surface area contributed by atoms with Crippen LogP contribution >= 0.6 is 24.0 Å². The zero-order valence-corrected chi connectivity index (χ0v) is 22.0. The van der Waals surface area contributed by atoms with E-state index in [2.05, 4.69) is 49.6 Å². The molecular weight excluding hydrogens is 517 g/mol. The Hall–Kier alpha value is -1.69. The molecule has 2 aliphatic rings. The highest BCUT2D eigenvalue weighted by atomic mass is 127. The number of hydrogen-bond acceptors (Lipinski definition) is 5. The van der Waals surface area contributed by atoms with Crippen LogP contribution in [0.1, 0.15) is 68.8 Å². The van der Waals surface area contributed by atoms with Crippen molar-refractivity contribution in [2.75, 3.05) is 19.6 Å². The molecule has 32 heavy (non-hydrogen) atoms. The zero-order chi connectivity index (χ0) is 21.6. The normalized spacial score (nSPS) is 20.0. The van der Waals surface area contributed by atoms with E-state index < -0.39 is 0 Å². The molecule has 1 saturated carbocycles. The van der Waals surface area contributed by atoms with Crippen LogP contribution in [-0.4, -0.2) is 61.1 Å². The zero-order valence-electron chi connectivity index (χ0n) is 19.6. The molecule has 2 fully saturated rings. The Labute approximate surface area is 208 Å². The fraction of sp³-hybridized carbons (Fsp3) is 0.727. The van der Waals surface area contributed by atoms with Crippen molar-refractivity contribution in [3.8, 4) is 0 Å². The maximum Gasteiger partial charge on any atom is 0.192 e. The smallest absolute Gasteiger partial charge is 0.192 e. The lowest BCUT2D eigenvalue weighted by Crippen LogP contribution is -2.44. The van der Waals surface area contributed by atoms with Crippen LogP contribution < -0.4 is 10.6 Å². The molecule has 2 aromatic heterocycles. The molecule has 1 aliphatic heterocycles. The van der Waals surface area contributed by atoms with Gasteiger partial charge >= 0.3 is 0 Å². The summed E-state index contributed by atoms with van der Waals surface area (Å²) in [7, 11) is 1.99. The minimum absolute atomic E-state index is 0. The number of nitrogens with one attached hydrogen (secondary N) is 2. The highest BCUT2D eigenvalue weighted by molar-refractivity contribution is 14.0. The summed E-state index contributed by atoms with van der Waals surface area (Å²) >= 11 is 0. The van der Waals surface area contributed by atoms with Crippen LogP contribution in [0.2, 0.25) is 0 Å². The van der Waals surface area contributed by atoms with Crippen molar-refractivity contribution in [2.24, 2.45) is 12.0 Å². The van der Waals surface area contributed by atoms with Gasteiger partial charge in [0, 0.05) is 25.8 Å². The van der Waals surface area contributed by atoms with Crippen LogP contribution in [-0.2, 0) is 20.1 Å². The minimum Gasteiger partial charge on any atom is -0.355 e. The van der Waals surface area contributed by atoms with Crippen molar-refractivity contribution >= 4 is 29.9 Å². The molecule has 3 heterocycles.